The fraction of sp³-hybridized carbons (Fsp3) is 0.857. The molecule has 1 heterocycles. The lowest BCUT2D eigenvalue weighted by Gasteiger charge is -2.20. The molecule has 10 heavy (non-hydrogen) atoms. The molecule has 0 aromatic rings. The minimum atomic E-state index is 0.173. The van der Waals surface area contributed by atoms with Crippen LogP contribution in [0.15, 0.2) is 0 Å². The average Bonchev–Trinajstić information content (AvgIpc) is 2.05. The third-order valence-corrected chi connectivity index (χ3v) is 1.91. The van der Waals surface area contributed by atoms with Gasteiger partial charge in [0.15, 0.2) is 0 Å². The second-order valence-corrected chi connectivity index (χ2v) is 2.66. The largest absolute Gasteiger partial charge is 0.359 e. The first-order valence-corrected chi connectivity index (χ1v) is 3.77. The molecule has 58 valence electrons. The zero-order chi connectivity index (χ0) is 7.40. The van der Waals surface area contributed by atoms with Gasteiger partial charge in [-0.05, 0) is 19.4 Å². The van der Waals surface area contributed by atoms with Gasteiger partial charge in [0.05, 0.1) is 5.92 Å². The molecular formula is C7H14N2O. The summed E-state index contributed by atoms with van der Waals surface area (Å²) in [4.78, 5) is 11.0. The van der Waals surface area contributed by atoms with Crippen LogP contribution in [-0.4, -0.2) is 26.0 Å². The highest BCUT2D eigenvalue weighted by Gasteiger charge is 2.18. The van der Waals surface area contributed by atoms with Crippen molar-refractivity contribution >= 4 is 5.91 Å². The first kappa shape index (κ1) is 7.54. The van der Waals surface area contributed by atoms with Crippen LogP contribution in [0.5, 0.6) is 0 Å². The second-order valence-electron chi connectivity index (χ2n) is 2.66. The zero-order valence-corrected chi connectivity index (χ0v) is 6.31. The molecule has 3 heteroatoms. The predicted molar refractivity (Wildman–Crippen MR) is 39.7 cm³/mol. The molecule has 0 aliphatic carbocycles. The summed E-state index contributed by atoms with van der Waals surface area (Å²) < 4.78 is 0. The fourth-order valence-corrected chi connectivity index (χ4v) is 1.28. The van der Waals surface area contributed by atoms with Gasteiger partial charge in [-0.2, -0.15) is 0 Å². The second kappa shape index (κ2) is 3.56. The number of piperidine rings is 1. The Morgan fingerprint density at radius 3 is 3.00 bits per heavy atom. The van der Waals surface area contributed by atoms with E-state index in [9.17, 15) is 4.79 Å². The van der Waals surface area contributed by atoms with Crippen LogP contribution in [0.25, 0.3) is 0 Å². The molecule has 0 radical (unpaired) electrons. The minimum Gasteiger partial charge on any atom is -0.359 e. The molecule has 1 fully saturated rings. The van der Waals surface area contributed by atoms with Gasteiger partial charge in [0.1, 0.15) is 0 Å². The maximum atomic E-state index is 11.0. The Morgan fingerprint density at radius 2 is 2.50 bits per heavy atom. The Labute approximate surface area is 61.2 Å². The Hall–Kier alpha value is -0.570. The number of carbonyl (C=O) groups excluding carboxylic acids is 1. The third-order valence-electron chi connectivity index (χ3n) is 1.91. The van der Waals surface area contributed by atoms with Crippen LogP contribution in [-0.2, 0) is 4.79 Å². The normalized spacial score (nSPS) is 25.9. The highest BCUT2D eigenvalue weighted by molar-refractivity contribution is 5.78. The minimum absolute atomic E-state index is 0.173. The molecule has 0 spiro atoms. The van der Waals surface area contributed by atoms with Gasteiger partial charge >= 0.3 is 0 Å². The van der Waals surface area contributed by atoms with E-state index in [1.54, 1.807) is 7.05 Å². The van der Waals surface area contributed by atoms with Gasteiger partial charge in [-0.25, -0.2) is 0 Å². The zero-order valence-electron chi connectivity index (χ0n) is 6.31. The smallest absolute Gasteiger partial charge is 0.224 e. The molecule has 1 aliphatic heterocycles. The Kier molecular flexibility index (Phi) is 2.68. The van der Waals surface area contributed by atoms with Crippen LogP contribution in [0.3, 0.4) is 0 Å². The van der Waals surface area contributed by atoms with Crippen molar-refractivity contribution in [3.8, 4) is 0 Å². The van der Waals surface area contributed by atoms with E-state index in [0.717, 1.165) is 25.9 Å². The summed E-state index contributed by atoms with van der Waals surface area (Å²) in [6.45, 7) is 1.91. The quantitative estimate of drug-likeness (QED) is 0.529. The van der Waals surface area contributed by atoms with Crippen molar-refractivity contribution in [2.45, 2.75) is 12.8 Å². The molecule has 1 saturated heterocycles. The van der Waals surface area contributed by atoms with Crippen molar-refractivity contribution in [2.75, 3.05) is 20.1 Å². The standard InChI is InChI=1S/C7H14N2O/c1-8-7(10)6-3-2-4-9-5-6/h6,9H,2-5H2,1H3,(H,8,10)/t6-/m0/s1. The Balaban J connectivity index is 2.31. The van der Waals surface area contributed by atoms with Gasteiger partial charge in [-0.1, -0.05) is 0 Å². The molecule has 1 aliphatic rings. The molecular weight excluding hydrogens is 128 g/mol. The van der Waals surface area contributed by atoms with Crippen LogP contribution in [0, 0.1) is 5.92 Å². The summed E-state index contributed by atoms with van der Waals surface area (Å²) in [7, 11) is 1.69. The van der Waals surface area contributed by atoms with Crippen molar-refractivity contribution in [2.24, 2.45) is 5.92 Å². The van der Waals surface area contributed by atoms with Crippen LogP contribution >= 0.6 is 0 Å². The third kappa shape index (κ3) is 1.70. The lowest BCUT2D eigenvalue weighted by molar-refractivity contribution is -0.124. The van der Waals surface area contributed by atoms with Gasteiger partial charge in [0.2, 0.25) is 5.91 Å². The number of nitrogens with one attached hydrogen (secondary N) is 2. The number of rotatable bonds is 1. The highest BCUT2D eigenvalue weighted by Crippen LogP contribution is 2.08. The molecule has 0 bridgehead atoms. The van der Waals surface area contributed by atoms with Crippen molar-refractivity contribution in [3.63, 3.8) is 0 Å². The summed E-state index contributed by atoms with van der Waals surface area (Å²) in [5, 5.41) is 5.84. The van der Waals surface area contributed by atoms with Crippen molar-refractivity contribution < 1.29 is 4.79 Å². The Morgan fingerprint density at radius 1 is 1.70 bits per heavy atom. The summed E-state index contributed by atoms with van der Waals surface area (Å²) in [6, 6.07) is 0. The SMILES string of the molecule is CNC(=O)[C@H]1CCCNC1. The fourth-order valence-electron chi connectivity index (χ4n) is 1.28. The van der Waals surface area contributed by atoms with E-state index in [2.05, 4.69) is 10.6 Å². The molecule has 2 N–H and O–H groups in total. The lowest BCUT2D eigenvalue weighted by Crippen LogP contribution is -2.39. The van der Waals surface area contributed by atoms with Gasteiger partial charge in [-0.15, -0.1) is 0 Å². The number of carbonyl (C=O) groups is 1. The molecule has 0 aromatic carbocycles. The number of amides is 1. The first-order valence-electron chi connectivity index (χ1n) is 3.77. The maximum absolute atomic E-state index is 11.0. The van der Waals surface area contributed by atoms with Crippen LogP contribution in [0.1, 0.15) is 12.8 Å². The summed E-state index contributed by atoms with van der Waals surface area (Å²) in [5.74, 6) is 0.381. The summed E-state index contributed by atoms with van der Waals surface area (Å²) in [6.07, 6.45) is 2.16. The highest BCUT2D eigenvalue weighted by atomic mass is 16.1. The topological polar surface area (TPSA) is 41.1 Å². The molecule has 1 rings (SSSR count). The van der Waals surface area contributed by atoms with E-state index >= 15 is 0 Å². The van der Waals surface area contributed by atoms with Crippen LogP contribution in [0.4, 0.5) is 0 Å². The van der Waals surface area contributed by atoms with E-state index in [1.165, 1.54) is 0 Å². The molecule has 1 amide bonds. The summed E-state index contributed by atoms with van der Waals surface area (Å²) in [5.41, 5.74) is 0. The number of hydrogen-bond donors (Lipinski definition) is 2. The van der Waals surface area contributed by atoms with Gasteiger partial charge in [-0.3, -0.25) is 4.79 Å². The molecule has 0 aromatic heterocycles. The maximum Gasteiger partial charge on any atom is 0.224 e. The molecule has 3 nitrogen and oxygen atoms in total. The molecule has 1 atom stereocenters. The molecule has 0 saturated carbocycles. The average molecular weight is 142 g/mol. The van der Waals surface area contributed by atoms with Gasteiger partial charge < -0.3 is 10.6 Å². The van der Waals surface area contributed by atoms with Gasteiger partial charge in [0, 0.05) is 13.6 Å². The van der Waals surface area contributed by atoms with E-state index < -0.39 is 0 Å². The van der Waals surface area contributed by atoms with Crippen LogP contribution in [0.2, 0.25) is 0 Å². The van der Waals surface area contributed by atoms with Crippen molar-refractivity contribution in [1.29, 1.82) is 0 Å². The first-order chi connectivity index (χ1) is 4.84. The Bertz CT molecular complexity index is 119. The van der Waals surface area contributed by atoms with Crippen molar-refractivity contribution in [3.05, 3.63) is 0 Å². The summed E-state index contributed by atoms with van der Waals surface area (Å²) >= 11 is 0. The number of hydrogen-bond acceptors (Lipinski definition) is 2. The van der Waals surface area contributed by atoms with Crippen molar-refractivity contribution in [1.82, 2.24) is 10.6 Å². The lowest BCUT2D eigenvalue weighted by atomic mass is 9.99. The van der Waals surface area contributed by atoms with E-state index in [1.807, 2.05) is 0 Å². The van der Waals surface area contributed by atoms with E-state index in [0.29, 0.717) is 0 Å². The van der Waals surface area contributed by atoms with Crippen LogP contribution < -0.4 is 10.6 Å². The monoisotopic (exact) mass is 142 g/mol. The van der Waals surface area contributed by atoms with E-state index in [4.69, 9.17) is 0 Å². The molecule has 0 unspecified atom stereocenters. The van der Waals surface area contributed by atoms with Gasteiger partial charge in [0.25, 0.3) is 0 Å². The van der Waals surface area contributed by atoms with E-state index in [-0.39, 0.29) is 11.8 Å². The predicted octanol–water partition coefficient (Wildman–Crippen LogP) is -0.268.